The molecule has 14 heavy (non-hydrogen) atoms. The number of hydrogen-bond acceptors (Lipinski definition) is 5. The van der Waals surface area contributed by atoms with Crippen molar-refractivity contribution in [1.82, 2.24) is 15.1 Å². The summed E-state index contributed by atoms with van der Waals surface area (Å²) >= 11 is 0. The van der Waals surface area contributed by atoms with E-state index in [4.69, 9.17) is 9.63 Å². The Morgan fingerprint density at radius 1 is 1.43 bits per heavy atom. The molecule has 0 unspecified atom stereocenters. The van der Waals surface area contributed by atoms with Crippen LogP contribution in [0.2, 0.25) is 0 Å². The highest BCUT2D eigenvalue weighted by Gasteiger charge is 2.08. The highest BCUT2D eigenvalue weighted by molar-refractivity contribution is 5.45. The molecular weight excluding hydrogens is 189 g/mol. The zero-order valence-corrected chi connectivity index (χ0v) is 7.01. The van der Waals surface area contributed by atoms with Crippen LogP contribution in [-0.4, -0.2) is 20.2 Å². The monoisotopic (exact) mass is 195 g/mol. The zero-order chi connectivity index (χ0) is 9.97. The Morgan fingerprint density at radius 3 is 2.86 bits per heavy atom. The maximum absolute atomic E-state index is 12.5. The van der Waals surface area contributed by atoms with Gasteiger partial charge in [0.15, 0.2) is 5.82 Å². The molecule has 0 aromatic carbocycles. The van der Waals surface area contributed by atoms with Crippen molar-refractivity contribution in [2.24, 2.45) is 0 Å². The van der Waals surface area contributed by atoms with Crippen LogP contribution in [0, 0.1) is 5.82 Å². The summed E-state index contributed by atoms with van der Waals surface area (Å²) in [7, 11) is 0. The summed E-state index contributed by atoms with van der Waals surface area (Å²) in [6.45, 7) is -0.301. The van der Waals surface area contributed by atoms with Crippen LogP contribution in [0.3, 0.4) is 0 Å². The van der Waals surface area contributed by atoms with Gasteiger partial charge in [-0.15, -0.1) is 0 Å². The van der Waals surface area contributed by atoms with Crippen LogP contribution in [0.5, 0.6) is 0 Å². The number of rotatable bonds is 2. The molecule has 2 aromatic rings. The van der Waals surface area contributed by atoms with Crippen molar-refractivity contribution in [2.75, 3.05) is 0 Å². The second-order valence-electron chi connectivity index (χ2n) is 2.54. The first kappa shape index (κ1) is 8.76. The van der Waals surface area contributed by atoms with Crippen LogP contribution in [0.15, 0.2) is 22.9 Å². The Bertz CT molecular complexity index is 426. The molecule has 0 bridgehead atoms. The van der Waals surface area contributed by atoms with E-state index in [-0.39, 0.29) is 18.3 Å². The first-order valence-electron chi connectivity index (χ1n) is 3.85. The average Bonchev–Trinajstić information content (AvgIpc) is 2.67. The number of nitrogens with zero attached hydrogens (tertiary/aromatic N) is 3. The molecule has 72 valence electrons. The van der Waals surface area contributed by atoms with Gasteiger partial charge in [0.05, 0.1) is 6.20 Å². The van der Waals surface area contributed by atoms with Gasteiger partial charge in [0.25, 0.3) is 5.89 Å². The van der Waals surface area contributed by atoms with Gasteiger partial charge >= 0.3 is 0 Å². The SMILES string of the molecule is OCc1noc(-c2ccc(F)cn2)n1. The number of hydrogen-bond donors (Lipinski definition) is 1. The Kier molecular flexibility index (Phi) is 2.19. The minimum absolute atomic E-state index is 0.161. The van der Waals surface area contributed by atoms with Crippen molar-refractivity contribution in [3.63, 3.8) is 0 Å². The third-order valence-electron chi connectivity index (χ3n) is 1.56. The topological polar surface area (TPSA) is 72.0 Å². The van der Waals surface area contributed by atoms with Gasteiger partial charge in [-0.05, 0) is 12.1 Å². The minimum atomic E-state index is -0.435. The Labute approximate surface area is 78.2 Å². The summed E-state index contributed by atoms with van der Waals surface area (Å²) in [5, 5.41) is 12.1. The molecule has 0 saturated carbocycles. The molecule has 6 heteroatoms. The van der Waals surface area contributed by atoms with Gasteiger partial charge in [-0.25, -0.2) is 9.37 Å². The molecule has 0 spiro atoms. The fourth-order valence-electron chi connectivity index (χ4n) is 0.925. The van der Waals surface area contributed by atoms with Gasteiger partial charge in [-0.2, -0.15) is 4.98 Å². The van der Waals surface area contributed by atoms with E-state index in [0.29, 0.717) is 5.69 Å². The van der Waals surface area contributed by atoms with E-state index in [9.17, 15) is 4.39 Å². The summed E-state index contributed by atoms with van der Waals surface area (Å²) < 4.78 is 17.3. The normalized spacial score (nSPS) is 10.4. The summed E-state index contributed by atoms with van der Waals surface area (Å²) in [6, 6.07) is 2.66. The molecule has 2 aromatic heterocycles. The van der Waals surface area contributed by atoms with E-state index in [1.165, 1.54) is 12.1 Å². The second-order valence-corrected chi connectivity index (χ2v) is 2.54. The number of aromatic nitrogens is 3. The number of halogens is 1. The van der Waals surface area contributed by atoms with Crippen molar-refractivity contribution in [3.8, 4) is 11.6 Å². The van der Waals surface area contributed by atoms with Crippen molar-refractivity contribution in [2.45, 2.75) is 6.61 Å². The van der Waals surface area contributed by atoms with Crippen LogP contribution < -0.4 is 0 Å². The van der Waals surface area contributed by atoms with Gasteiger partial charge in [0.2, 0.25) is 0 Å². The quantitative estimate of drug-likeness (QED) is 0.765. The number of aliphatic hydroxyl groups excluding tert-OH is 1. The van der Waals surface area contributed by atoms with Crippen molar-refractivity contribution >= 4 is 0 Å². The molecule has 0 aliphatic heterocycles. The molecule has 5 nitrogen and oxygen atoms in total. The zero-order valence-electron chi connectivity index (χ0n) is 7.01. The number of aliphatic hydroxyl groups is 1. The third kappa shape index (κ3) is 1.60. The van der Waals surface area contributed by atoms with E-state index >= 15 is 0 Å². The van der Waals surface area contributed by atoms with Crippen LogP contribution in [0.25, 0.3) is 11.6 Å². The van der Waals surface area contributed by atoms with Crippen LogP contribution in [0.4, 0.5) is 4.39 Å². The first-order chi connectivity index (χ1) is 6.79. The molecule has 0 fully saturated rings. The van der Waals surface area contributed by atoms with Gasteiger partial charge in [-0.3, -0.25) is 0 Å². The molecule has 0 aliphatic carbocycles. The molecular formula is C8H6FN3O2. The molecule has 0 amide bonds. The lowest BCUT2D eigenvalue weighted by Crippen LogP contribution is -1.87. The fraction of sp³-hybridized carbons (Fsp3) is 0.125. The Balaban J connectivity index is 2.34. The predicted molar refractivity (Wildman–Crippen MR) is 43.4 cm³/mol. The lowest BCUT2D eigenvalue weighted by molar-refractivity contribution is 0.264. The van der Waals surface area contributed by atoms with Crippen LogP contribution in [-0.2, 0) is 6.61 Å². The van der Waals surface area contributed by atoms with Gasteiger partial charge in [0, 0.05) is 0 Å². The second kappa shape index (κ2) is 3.51. The Hall–Kier alpha value is -1.82. The first-order valence-corrected chi connectivity index (χ1v) is 3.85. The smallest absolute Gasteiger partial charge is 0.276 e. The predicted octanol–water partition coefficient (Wildman–Crippen LogP) is 0.763. The highest BCUT2D eigenvalue weighted by atomic mass is 19.1. The highest BCUT2D eigenvalue weighted by Crippen LogP contribution is 2.13. The van der Waals surface area contributed by atoms with E-state index in [0.717, 1.165) is 6.20 Å². The standard InChI is InChI=1S/C8H6FN3O2/c9-5-1-2-6(10-3-5)8-11-7(4-13)12-14-8/h1-3,13H,4H2. The molecule has 0 atom stereocenters. The molecule has 2 heterocycles. The molecule has 0 aliphatic rings. The molecule has 0 saturated heterocycles. The molecule has 0 radical (unpaired) electrons. The van der Waals surface area contributed by atoms with Crippen molar-refractivity contribution < 1.29 is 14.0 Å². The maximum Gasteiger partial charge on any atom is 0.276 e. The van der Waals surface area contributed by atoms with Crippen LogP contribution in [0.1, 0.15) is 5.82 Å². The maximum atomic E-state index is 12.5. The van der Waals surface area contributed by atoms with E-state index in [2.05, 4.69) is 15.1 Å². The minimum Gasteiger partial charge on any atom is -0.388 e. The van der Waals surface area contributed by atoms with Crippen molar-refractivity contribution in [3.05, 3.63) is 30.0 Å². The van der Waals surface area contributed by atoms with Gasteiger partial charge in [-0.1, -0.05) is 5.16 Å². The van der Waals surface area contributed by atoms with Gasteiger partial charge < -0.3 is 9.63 Å². The van der Waals surface area contributed by atoms with E-state index < -0.39 is 5.82 Å². The molecule has 2 rings (SSSR count). The van der Waals surface area contributed by atoms with Gasteiger partial charge in [0.1, 0.15) is 18.1 Å². The van der Waals surface area contributed by atoms with Crippen molar-refractivity contribution in [1.29, 1.82) is 0 Å². The molecule has 1 N–H and O–H groups in total. The van der Waals surface area contributed by atoms with E-state index in [1.54, 1.807) is 0 Å². The summed E-state index contributed by atoms with van der Waals surface area (Å²) in [4.78, 5) is 7.56. The largest absolute Gasteiger partial charge is 0.388 e. The summed E-state index contributed by atoms with van der Waals surface area (Å²) in [6.07, 6.45) is 1.05. The third-order valence-corrected chi connectivity index (χ3v) is 1.56. The average molecular weight is 195 g/mol. The Morgan fingerprint density at radius 2 is 2.29 bits per heavy atom. The number of pyridine rings is 1. The van der Waals surface area contributed by atoms with E-state index in [1.807, 2.05) is 0 Å². The fourth-order valence-corrected chi connectivity index (χ4v) is 0.925. The summed E-state index contributed by atoms with van der Waals surface area (Å²) in [5.41, 5.74) is 0.374. The lowest BCUT2D eigenvalue weighted by Gasteiger charge is -1.91. The lowest BCUT2D eigenvalue weighted by atomic mass is 10.3. The summed E-state index contributed by atoms with van der Waals surface area (Å²) in [5.74, 6) is -0.101. The van der Waals surface area contributed by atoms with Crippen LogP contribution >= 0.6 is 0 Å².